The normalized spacial score (nSPS) is 9.38. The van der Waals surface area contributed by atoms with E-state index >= 15 is 0 Å². The highest BCUT2D eigenvalue weighted by Crippen LogP contribution is 1.97. The predicted octanol–water partition coefficient (Wildman–Crippen LogP) is 4.21. The maximum Gasteiger partial charge on any atom is 0.130 e. The molecule has 0 aromatic heterocycles. The molecule has 0 rings (SSSR count). The molecule has 13 heavy (non-hydrogen) atoms. The van der Waals surface area contributed by atoms with Crippen molar-refractivity contribution in [1.29, 1.82) is 0 Å². The van der Waals surface area contributed by atoms with E-state index in [2.05, 4.69) is 13.8 Å². The summed E-state index contributed by atoms with van der Waals surface area (Å²) in [6.45, 7) is 10.2. The van der Waals surface area contributed by atoms with Crippen LogP contribution in [-0.4, -0.2) is 5.78 Å². The van der Waals surface area contributed by atoms with E-state index in [1.807, 2.05) is 13.8 Å². The summed E-state index contributed by atoms with van der Waals surface area (Å²) in [5, 5.41) is 0. The fraction of sp³-hybridized carbons (Fsp3) is 0.917. The number of unbranched alkanes of at least 4 members (excludes halogenated alkanes) is 3. The van der Waals surface area contributed by atoms with Gasteiger partial charge < -0.3 is 4.79 Å². The van der Waals surface area contributed by atoms with E-state index in [0.717, 1.165) is 6.42 Å². The van der Waals surface area contributed by atoms with Crippen molar-refractivity contribution in [1.82, 2.24) is 0 Å². The van der Waals surface area contributed by atoms with Crippen molar-refractivity contribution in [3.63, 3.8) is 0 Å². The van der Waals surface area contributed by atoms with Gasteiger partial charge in [-0.3, -0.25) is 0 Å². The summed E-state index contributed by atoms with van der Waals surface area (Å²) in [5.74, 6) is 0.813. The van der Waals surface area contributed by atoms with E-state index in [1.54, 1.807) is 6.92 Å². The molecule has 80 valence electrons. The molecule has 0 aromatic rings. The molecule has 0 N–H and O–H groups in total. The van der Waals surface area contributed by atoms with Gasteiger partial charge >= 0.3 is 0 Å². The molecule has 0 aliphatic carbocycles. The van der Waals surface area contributed by atoms with Crippen LogP contribution in [0.2, 0.25) is 0 Å². The summed E-state index contributed by atoms with van der Waals surface area (Å²) >= 11 is 0. The molecule has 0 aliphatic heterocycles. The standard InChI is InChI=1S/C6H12O.C6H14/c1-5(2)4-6(3)7;1-3-5-6-4-2/h5H,4H2,1-3H3;3-6H2,1-2H3. The first kappa shape index (κ1) is 15.2. The van der Waals surface area contributed by atoms with Crippen LogP contribution in [0.3, 0.4) is 0 Å². The lowest BCUT2D eigenvalue weighted by Crippen LogP contribution is -1.95. The zero-order valence-electron chi connectivity index (χ0n) is 10.0. The number of rotatable bonds is 5. The van der Waals surface area contributed by atoms with Crippen molar-refractivity contribution >= 4 is 5.78 Å². The Hall–Kier alpha value is -0.330. The van der Waals surface area contributed by atoms with Crippen molar-refractivity contribution in [3.05, 3.63) is 0 Å². The molecule has 0 aromatic carbocycles. The lowest BCUT2D eigenvalue weighted by Gasteiger charge is -1.95. The quantitative estimate of drug-likeness (QED) is 0.588. The highest BCUT2D eigenvalue weighted by molar-refractivity contribution is 5.75. The van der Waals surface area contributed by atoms with Crippen LogP contribution in [0.15, 0.2) is 0 Å². The van der Waals surface area contributed by atoms with Gasteiger partial charge in [0.1, 0.15) is 5.78 Å². The minimum Gasteiger partial charge on any atom is -0.300 e. The topological polar surface area (TPSA) is 17.1 Å². The van der Waals surface area contributed by atoms with Gasteiger partial charge in [0.2, 0.25) is 0 Å². The van der Waals surface area contributed by atoms with Gasteiger partial charge in [-0.1, -0.05) is 53.4 Å². The summed E-state index contributed by atoms with van der Waals surface area (Å²) < 4.78 is 0. The molecule has 0 heterocycles. The van der Waals surface area contributed by atoms with E-state index in [9.17, 15) is 4.79 Å². The van der Waals surface area contributed by atoms with E-state index in [0.29, 0.717) is 5.92 Å². The molecule has 0 bridgehead atoms. The smallest absolute Gasteiger partial charge is 0.130 e. The van der Waals surface area contributed by atoms with Crippen LogP contribution in [-0.2, 0) is 4.79 Å². The fourth-order valence-corrected chi connectivity index (χ4v) is 1.07. The molecule has 0 radical (unpaired) electrons. The third-order valence-corrected chi connectivity index (χ3v) is 1.65. The van der Waals surface area contributed by atoms with Crippen molar-refractivity contribution in [3.8, 4) is 0 Å². The SMILES string of the molecule is CC(=O)CC(C)C.CCCCCC. The number of hydrogen-bond donors (Lipinski definition) is 0. The molecule has 0 amide bonds. The summed E-state index contributed by atoms with van der Waals surface area (Å²) in [7, 11) is 0. The average Bonchev–Trinajstić information content (AvgIpc) is 1.99. The minimum atomic E-state index is 0.287. The Kier molecular flexibility index (Phi) is 13.6. The lowest BCUT2D eigenvalue weighted by atomic mass is 10.1. The predicted molar refractivity (Wildman–Crippen MR) is 60.0 cm³/mol. The Labute approximate surface area is 83.9 Å². The highest BCUT2D eigenvalue weighted by atomic mass is 16.1. The second kappa shape index (κ2) is 11.7. The Morgan fingerprint density at radius 2 is 1.46 bits per heavy atom. The molecule has 0 aliphatic rings. The maximum absolute atomic E-state index is 10.3. The maximum atomic E-state index is 10.3. The van der Waals surface area contributed by atoms with Crippen molar-refractivity contribution in [2.75, 3.05) is 0 Å². The Balaban J connectivity index is 0. The zero-order valence-corrected chi connectivity index (χ0v) is 10.0. The summed E-state index contributed by atoms with van der Waals surface area (Å²) in [6, 6.07) is 0. The minimum absolute atomic E-state index is 0.287. The van der Waals surface area contributed by atoms with Gasteiger partial charge in [-0.2, -0.15) is 0 Å². The summed E-state index contributed by atoms with van der Waals surface area (Å²) in [6.07, 6.45) is 6.26. The number of ketones is 1. The Morgan fingerprint density at radius 3 is 1.54 bits per heavy atom. The number of Topliss-reactive ketones (excluding diaryl/α,β-unsaturated/α-hetero) is 1. The highest BCUT2D eigenvalue weighted by Gasteiger charge is 1.95. The molecule has 0 atom stereocenters. The van der Waals surface area contributed by atoms with Gasteiger partial charge in [0.15, 0.2) is 0 Å². The summed E-state index contributed by atoms with van der Waals surface area (Å²) in [4.78, 5) is 10.3. The van der Waals surface area contributed by atoms with Crippen molar-refractivity contribution in [2.45, 2.75) is 66.7 Å². The van der Waals surface area contributed by atoms with Crippen molar-refractivity contribution in [2.24, 2.45) is 5.92 Å². The van der Waals surface area contributed by atoms with E-state index in [1.165, 1.54) is 25.7 Å². The molecule has 1 nitrogen and oxygen atoms in total. The van der Waals surface area contributed by atoms with Crippen LogP contribution in [0.1, 0.15) is 66.7 Å². The van der Waals surface area contributed by atoms with Gasteiger partial charge in [0.05, 0.1) is 0 Å². The van der Waals surface area contributed by atoms with Crippen LogP contribution in [0.4, 0.5) is 0 Å². The monoisotopic (exact) mass is 186 g/mol. The first-order valence-electron chi connectivity index (χ1n) is 5.53. The van der Waals surface area contributed by atoms with Gasteiger partial charge in [-0.25, -0.2) is 0 Å². The second-order valence-electron chi connectivity index (χ2n) is 4.01. The third-order valence-electron chi connectivity index (χ3n) is 1.65. The molecular weight excluding hydrogens is 160 g/mol. The lowest BCUT2D eigenvalue weighted by molar-refractivity contribution is -0.117. The molecule has 0 saturated carbocycles. The second-order valence-corrected chi connectivity index (χ2v) is 4.01. The van der Waals surface area contributed by atoms with E-state index in [-0.39, 0.29) is 5.78 Å². The first-order chi connectivity index (χ1) is 6.04. The third kappa shape index (κ3) is 24.5. The molecular formula is C12H26O. The molecule has 0 saturated heterocycles. The van der Waals surface area contributed by atoms with Crippen LogP contribution in [0.25, 0.3) is 0 Å². The van der Waals surface area contributed by atoms with Crippen LogP contribution in [0.5, 0.6) is 0 Å². The molecule has 0 spiro atoms. The average molecular weight is 186 g/mol. The molecule has 0 fully saturated rings. The largest absolute Gasteiger partial charge is 0.300 e. The van der Waals surface area contributed by atoms with Gasteiger partial charge in [0.25, 0.3) is 0 Å². The van der Waals surface area contributed by atoms with Gasteiger partial charge in [-0.15, -0.1) is 0 Å². The molecule has 0 unspecified atom stereocenters. The van der Waals surface area contributed by atoms with E-state index in [4.69, 9.17) is 0 Å². The Bertz CT molecular complexity index is 102. The number of carbonyl (C=O) groups is 1. The van der Waals surface area contributed by atoms with Crippen LogP contribution in [0, 0.1) is 5.92 Å². The van der Waals surface area contributed by atoms with E-state index < -0.39 is 0 Å². The van der Waals surface area contributed by atoms with Gasteiger partial charge in [0, 0.05) is 6.42 Å². The van der Waals surface area contributed by atoms with Crippen LogP contribution < -0.4 is 0 Å². The first-order valence-corrected chi connectivity index (χ1v) is 5.53. The van der Waals surface area contributed by atoms with Crippen molar-refractivity contribution < 1.29 is 4.79 Å². The molecule has 1 heteroatoms. The number of carbonyl (C=O) groups excluding carboxylic acids is 1. The number of hydrogen-bond acceptors (Lipinski definition) is 1. The summed E-state index contributed by atoms with van der Waals surface area (Å²) in [5.41, 5.74) is 0. The van der Waals surface area contributed by atoms with Gasteiger partial charge in [-0.05, 0) is 12.8 Å². The van der Waals surface area contributed by atoms with Crippen LogP contribution >= 0.6 is 0 Å². The fourth-order valence-electron chi connectivity index (χ4n) is 1.07. The Morgan fingerprint density at radius 1 is 1.08 bits per heavy atom. The zero-order chi connectivity index (χ0) is 10.7.